The maximum Gasteiger partial charge on any atom is 0.142 e. The molecule has 0 radical (unpaired) electrons. The van der Waals surface area contributed by atoms with Gasteiger partial charge >= 0.3 is 0 Å². The Morgan fingerprint density at radius 2 is 1.85 bits per heavy atom. The first-order valence-corrected chi connectivity index (χ1v) is 12.3. The van der Waals surface area contributed by atoms with Crippen molar-refractivity contribution in [1.29, 1.82) is 0 Å². The van der Waals surface area contributed by atoms with Gasteiger partial charge in [0, 0.05) is 17.7 Å². The van der Waals surface area contributed by atoms with Crippen LogP contribution in [0, 0.1) is 6.92 Å². The van der Waals surface area contributed by atoms with E-state index in [1.54, 1.807) is 6.26 Å². The van der Waals surface area contributed by atoms with Gasteiger partial charge in [-0.15, -0.1) is 6.58 Å². The number of phenols is 1. The van der Waals surface area contributed by atoms with Gasteiger partial charge in [0.2, 0.25) is 0 Å². The van der Waals surface area contributed by atoms with E-state index < -0.39 is 0 Å². The van der Waals surface area contributed by atoms with Crippen molar-refractivity contribution in [3.8, 4) is 11.5 Å². The van der Waals surface area contributed by atoms with Crippen molar-refractivity contribution in [2.75, 3.05) is 6.73 Å². The number of nitrogens with zero attached hydrogens (tertiary/aromatic N) is 1. The van der Waals surface area contributed by atoms with Gasteiger partial charge in [0.05, 0.1) is 12.8 Å². The second-order valence-corrected chi connectivity index (χ2v) is 8.84. The Kier molecular flexibility index (Phi) is 10.4. The Hall–Kier alpha value is -2.72. The van der Waals surface area contributed by atoms with Crippen molar-refractivity contribution in [2.45, 2.75) is 77.8 Å². The Morgan fingerprint density at radius 3 is 2.67 bits per heavy atom. The lowest BCUT2D eigenvalue weighted by Crippen LogP contribution is -2.32. The highest BCUT2D eigenvalue weighted by Gasteiger charge is 2.24. The fraction of sp³-hybridized carbons (Fsp3) is 0.448. The van der Waals surface area contributed by atoms with E-state index in [2.05, 4.69) is 35.8 Å². The third-order valence-electron chi connectivity index (χ3n) is 6.16. The van der Waals surface area contributed by atoms with Crippen LogP contribution in [-0.4, -0.2) is 16.7 Å². The van der Waals surface area contributed by atoms with Gasteiger partial charge in [-0.25, -0.2) is 0 Å². The lowest BCUT2D eigenvalue weighted by atomic mass is 9.95. The first-order valence-electron chi connectivity index (χ1n) is 12.3. The lowest BCUT2D eigenvalue weighted by Gasteiger charge is -2.31. The van der Waals surface area contributed by atoms with Crippen LogP contribution in [0.4, 0.5) is 0 Å². The van der Waals surface area contributed by atoms with Crippen molar-refractivity contribution >= 4 is 0 Å². The average Bonchev–Trinajstić information content (AvgIpc) is 3.33. The first-order chi connectivity index (χ1) is 16.2. The minimum Gasteiger partial charge on any atom is -0.508 e. The van der Waals surface area contributed by atoms with Crippen molar-refractivity contribution in [1.82, 2.24) is 4.90 Å². The largest absolute Gasteiger partial charge is 0.508 e. The maximum absolute atomic E-state index is 10.4. The number of hydrogen-bond donors (Lipinski definition) is 1. The molecule has 0 aliphatic carbocycles. The number of allylic oxidation sites excluding steroid dienone is 5. The molecule has 178 valence electrons. The number of rotatable bonds is 14. The Labute approximate surface area is 199 Å². The van der Waals surface area contributed by atoms with Gasteiger partial charge < -0.3 is 14.3 Å². The molecule has 0 atom stereocenters. The average molecular weight is 450 g/mol. The molecule has 0 saturated carbocycles. The number of aromatic hydroxyl groups is 1. The normalized spacial score (nSPS) is 14.1. The van der Waals surface area contributed by atoms with E-state index in [4.69, 9.17) is 9.15 Å². The van der Waals surface area contributed by atoms with Crippen molar-refractivity contribution in [2.24, 2.45) is 0 Å². The van der Waals surface area contributed by atoms with Crippen molar-refractivity contribution < 1.29 is 14.3 Å². The smallest absolute Gasteiger partial charge is 0.142 e. The van der Waals surface area contributed by atoms with Gasteiger partial charge in [0.1, 0.15) is 24.0 Å². The summed E-state index contributed by atoms with van der Waals surface area (Å²) >= 11 is 0. The summed E-state index contributed by atoms with van der Waals surface area (Å²) in [4.78, 5) is 2.24. The van der Waals surface area contributed by atoms with Gasteiger partial charge in [0.15, 0.2) is 0 Å². The van der Waals surface area contributed by atoms with E-state index in [0.717, 1.165) is 62.3 Å². The lowest BCUT2D eigenvalue weighted by molar-refractivity contribution is 0.0807. The van der Waals surface area contributed by atoms with E-state index >= 15 is 0 Å². The van der Waals surface area contributed by atoms with Crippen LogP contribution in [0.1, 0.15) is 73.8 Å². The number of ether oxygens (including phenoxy) is 1. The molecular weight excluding hydrogens is 410 g/mol. The fourth-order valence-corrected chi connectivity index (χ4v) is 4.28. The zero-order valence-corrected chi connectivity index (χ0v) is 20.1. The molecule has 1 aliphatic rings. The maximum atomic E-state index is 10.4. The minimum atomic E-state index is 0.342. The third-order valence-corrected chi connectivity index (χ3v) is 6.16. The zero-order valence-electron chi connectivity index (χ0n) is 20.1. The summed E-state index contributed by atoms with van der Waals surface area (Å²) in [6, 6.07) is 5.86. The molecule has 1 aliphatic heterocycles. The standard InChI is InChI=1S/C29H39NO3/c1-3-4-5-6-7-8-9-10-11-12-13-14-15-17-25-20-28(31)24(2)29-27(25)22-30(23-33-29)21-26-18-16-19-32-26/h3,5-6,8-9,16,18-20,31H,1,4,7,10-15,17,21-23H2,2H3/b6-5-,9-8-. The molecule has 2 heterocycles. The van der Waals surface area contributed by atoms with Gasteiger partial charge in [-0.05, 0) is 69.2 Å². The molecule has 4 heteroatoms. The van der Waals surface area contributed by atoms with Crippen LogP contribution in [0.15, 0.2) is 65.8 Å². The van der Waals surface area contributed by atoms with Crippen LogP contribution < -0.4 is 4.74 Å². The van der Waals surface area contributed by atoms with Crippen molar-refractivity contribution in [3.05, 3.63) is 83.9 Å². The fourth-order valence-electron chi connectivity index (χ4n) is 4.28. The molecular formula is C29H39NO3. The summed E-state index contributed by atoms with van der Waals surface area (Å²) in [6.07, 6.45) is 22.8. The molecule has 2 aromatic rings. The van der Waals surface area contributed by atoms with E-state index in [-0.39, 0.29) is 0 Å². The van der Waals surface area contributed by atoms with Gasteiger partial charge in [-0.2, -0.15) is 0 Å². The topological polar surface area (TPSA) is 45.8 Å². The van der Waals surface area contributed by atoms with Gasteiger partial charge in [-0.1, -0.05) is 49.6 Å². The molecule has 0 saturated heterocycles. The number of benzene rings is 1. The molecule has 0 fully saturated rings. The molecule has 0 unspecified atom stereocenters. The summed E-state index contributed by atoms with van der Waals surface area (Å²) in [5, 5.41) is 10.4. The SMILES string of the molecule is C=CC/C=C\C/C=C\CCCCCCCc1cc(O)c(C)c2c1CN(Cc1ccco1)CO2. The first kappa shape index (κ1) is 24.9. The van der Waals surface area contributed by atoms with Crippen LogP contribution in [0.25, 0.3) is 0 Å². The van der Waals surface area contributed by atoms with Gasteiger partial charge in [0.25, 0.3) is 0 Å². The van der Waals surface area contributed by atoms with Crippen LogP contribution in [0.3, 0.4) is 0 Å². The summed E-state index contributed by atoms with van der Waals surface area (Å²) in [7, 11) is 0. The number of unbranched alkanes of at least 4 members (excludes halogenated alkanes) is 5. The Morgan fingerprint density at radius 1 is 1.06 bits per heavy atom. The van der Waals surface area contributed by atoms with Crippen molar-refractivity contribution in [3.63, 3.8) is 0 Å². The Balaban J connectivity index is 1.41. The number of furan rings is 1. The van der Waals surface area contributed by atoms with E-state index in [1.807, 2.05) is 31.2 Å². The highest BCUT2D eigenvalue weighted by atomic mass is 16.5. The minimum absolute atomic E-state index is 0.342. The molecule has 0 amide bonds. The molecule has 0 spiro atoms. The van der Waals surface area contributed by atoms with E-state index in [1.165, 1.54) is 36.8 Å². The molecule has 0 bridgehead atoms. The zero-order chi connectivity index (χ0) is 23.3. The number of aryl methyl sites for hydroxylation is 1. The summed E-state index contributed by atoms with van der Waals surface area (Å²) < 4.78 is 11.6. The summed E-state index contributed by atoms with van der Waals surface area (Å²) in [5.41, 5.74) is 3.27. The Bertz CT molecular complexity index is 911. The number of hydrogen-bond acceptors (Lipinski definition) is 4. The second-order valence-electron chi connectivity index (χ2n) is 8.84. The molecule has 1 N–H and O–H groups in total. The molecule has 4 nitrogen and oxygen atoms in total. The molecule has 1 aromatic heterocycles. The quantitative estimate of drug-likeness (QED) is 0.238. The van der Waals surface area contributed by atoms with Crippen LogP contribution in [0.5, 0.6) is 11.5 Å². The monoisotopic (exact) mass is 449 g/mol. The number of phenolic OH excluding ortho intramolecular Hbond substituents is 1. The van der Waals surface area contributed by atoms with E-state index in [9.17, 15) is 5.11 Å². The van der Waals surface area contributed by atoms with Crippen LogP contribution in [-0.2, 0) is 19.5 Å². The molecule has 1 aromatic carbocycles. The summed E-state index contributed by atoms with van der Waals surface area (Å²) in [6.45, 7) is 7.71. The molecule has 3 rings (SSSR count). The van der Waals surface area contributed by atoms with Gasteiger partial charge in [-0.3, -0.25) is 4.90 Å². The predicted octanol–water partition coefficient (Wildman–Crippen LogP) is 7.61. The number of fused-ring (bicyclic) bond motifs is 1. The van der Waals surface area contributed by atoms with E-state index in [0.29, 0.717) is 12.5 Å². The summed E-state index contributed by atoms with van der Waals surface area (Å²) in [5.74, 6) is 2.15. The third kappa shape index (κ3) is 7.97. The molecule has 33 heavy (non-hydrogen) atoms. The van der Waals surface area contributed by atoms with Crippen LogP contribution in [0.2, 0.25) is 0 Å². The second kappa shape index (κ2) is 13.7. The van der Waals surface area contributed by atoms with Crippen LogP contribution >= 0.6 is 0 Å². The highest BCUT2D eigenvalue weighted by Crippen LogP contribution is 2.38. The predicted molar refractivity (Wildman–Crippen MR) is 135 cm³/mol. The highest BCUT2D eigenvalue weighted by molar-refractivity contribution is 5.53.